The molecule has 0 aliphatic carbocycles. The molecule has 2 aliphatic rings. The van der Waals surface area contributed by atoms with Crippen LogP contribution in [0.2, 0.25) is 0 Å². The van der Waals surface area contributed by atoms with E-state index in [9.17, 15) is 4.79 Å². The van der Waals surface area contributed by atoms with E-state index in [4.69, 9.17) is 9.47 Å². The lowest BCUT2D eigenvalue weighted by molar-refractivity contribution is -0.180. The van der Waals surface area contributed by atoms with E-state index in [2.05, 4.69) is 27.0 Å². The van der Waals surface area contributed by atoms with E-state index in [-0.39, 0.29) is 12.5 Å². The minimum Gasteiger partial charge on any atom is -0.377 e. The molecule has 2 aliphatic heterocycles. The Morgan fingerprint density at radius 3 is 2.96 bits per heavy atom. The van der Waals surface area contributed by atoms with Crippen molar-refractivity contribution in [1.29, 1.82) is 0 Å². The van der Waals surface area contributed by atoms with Gasteiger partial charge in [0.05, 0.1) is 26.4 Å². The summed E-state index contributed by atoms with van der Waals surface area (Å²) in [7, 11) is 0. The first-order valence-corrected chi connectivity index (χ1v) is 8.17. The largest absolute Gasteiger partial charge is 0.377 e. The van der Waals surface area contributed by atoms with Crippen molar-refractivity contribution in [2.45, 2.75) is 25.9 Å². The lowest BCUT2D eigenvalue weighted by Gasteiger charge is -2.49. The molecule has 2 fully saturated rings. The van der Waals surface area contributed by atoms with Crippen LogP contribution in [-0.4, -0.2) is 82.6 Å². The molecule has 1 aromatic heterocycles. The molecule has 24 heavy (non-hydrogen) atoms. The number of rotatable bonds is 6. The molecule has 0 saturated carbocycles. The van der Waals surface area contributed by atoms with Gasteiger partial charge < -0.3 is 19.3 Å². The molecule has 2 saturated heterocycles. The third-order valence-corrected chi connectivity index (χ3v) is 4.38. The molecule has 0 radical (unpaired) electrons. The summed E-state index contributed by atoms with van der Waals surface area (Å²) in [6.07, 6.45) is 0. The van der Waals surface area contributed by atoms with Gasteiger partial charge in [0, 0.05) is 19.6 Å². The fraction of sp³-hybridized carbons (Fsp3) is 0.733. The number of aromatic nitrogens is 4. The smallest absolute Gasteiger partial charge is 0.249 e. The zero-order valence-electron chi connectivity index (χ0n) is 14.3. The summed E-state index contributed by atoms with van der Waals surface area (Å²) in [6.45, 7) is 11.9. The Kier molecular flexibility index (Phi) is 4.81. The second kappa shape index (κ2) is 6.86. The first kappa shape index (κ1) is 16.8. The monoisotopic (exact) mass is 336 g/mol. The molecule has 1 amide bonds. The molecular weight excluding hydrogens is 312 g/mol. The molecule has 132 valence electrons. The lowest BCUT2D eigenvalue weighted by Crippen LogP contribution is -2.67. The number of morpholine rings is 2. The minimum absolute atomic E-state index is 0.00606. The maximum absolute atomic E-state index is 12.2. The number of ether oxygens (including phenoxy) is 2. The van der Waals surface area contributed by atoms with Gasteiger partial charge in [0.1, 0.15) is 12.1 Å². The molecule has 9 nitrogen and oxygen atoms in total. The molecule has 0 spiro atoms. The molecule has 0 aromatic carbocycles. The highest BCUT2D eigenvalue weighted by molar-refractivity contribution is 5.79. The van der Waals surface area contributed by atoms with Crippen molar-refractivity contribution < 1.29 is 14.3 Å². The molecule has 1 unspecified atom stereocenters. The predicted octanol–water partition coefficient (Wildman–Crippen LogP) is -0.297. The van der Waals surface area contributed by atoms with Crippen molar-refractivity contribution in [2.24, 2.45) is 0 Å². The Morgan fingerprint density at radius 1 is 1.42 bits per heavy atom. The standard InChI is InChI=1S/C15H24N6O3/c1-4-19(7-12(2)3)14-16-17-18-21(14)9-15-10-23-6-5-20(15)13(22)8-24-11-15/h2,4-11H2,1,3H3. The van der Waals surface area contributed by atoms with Crippen LogP contribution in [0.5, 0.6) is 0 Å². The molecule has 3 heterocycles. The quantitative estimate of drug-likeness (QED) is 0.660. The fourth-order valence-corrected chi connectivity index (χ4v) is 3.28. The van der Waals surface area contributed by atoms with Gasteiger partial charge >= 0.3 is 0 Å². The van der Waals surface area contributed by atoms with Gasteiger partial charge in [-0.2, -0.15) is 0 Å². The van der Waals surface area contributed by atoms with E-state index in [1.54, 1.807) is 4.68 Å². The highest BCUT2D eigenvalue weighted by atomic mass is 16.5. The van der Waals surface area contributed by atoms with Crippen LogP contribution in [0.3, 0.4) is 0 Å². The van der Waals surface area contributed by atoms with Crippen LogP contribution in [0, 0.1) is 0 Å². The van der Waals surface area contributed by atoms with Crippen molar-refractivity contribution in [3.8, 4) is 0 Å². The fourth-order valence-electron chi connectivity index (χ4n) is 3.28. The van der Waals surface area contributed by atoms with Gasteiger partial charge in [-0.05, 0) is 24.3 Å². The summed E-state index contributed by atoms with van der Waals surface area (Å²) in [4.78, 5) is 16.2. The number of carbonyl (C=O) groups excluding carboxylic acids is 1. The van der Waals surface area contributed by atoms with E-state index < -0.39 is 5.54 Å². The van der Waals surface area contributed by atoms with Crippen LogP contribution < -0.4 is 4.90 Å². The Hall–Kier alpha value is -2.00. The molecular formula is C15H24N6O3. The summed E-state index contributed by atoms with van der Waals surface area (Å²) < 4.78 is 12.9. The van der Waals surface area contributed by atoms with Crippen LogP contribution in [0.4, 0.5) is 5.95 Å². The topological polar surface area (TPSA) is 85.6 Å². The van der Waals surface area contributed by atoms with Crippen LogP contribution in [0.1, 0.15) is 13.8 Å². The zero-order chi connectivity index (χ0) is 17.2. The van der Waals surface area contributed by atoms with E-state index in [1.807, 2.05) is 18.7 Å². The summed E-state index contributed by atoms with van der Waals surface area (Å²) in [5, 5.41) is 12.1. The Balaban J connectivity index is 1.86. The maximum atomic E-state index is 12.2. The Bertz CT molecular complexity index is 614. The number of tetrazole rings is 1. The van der Waals surface area contributed by atoms with Crippen LogP contribution in [0.15, 0.2) is 12.2 Å². The van der Waals surface area contributed by atoms with E-state index in [1.165, 1.54) is 0 Å². The molecule has 1 aromatic rings. The van der Waals surface area contributed by atoms with Crippen molar-refractivity contribution in [3.63, 3.8) is 0 Å². The summed E-state index contributed by atoms with van der Waals surface area (Å²) >= 11 is 0. The molecule has 9 heteroatoms. The third-order valence-electron chi connectivity index (χ3n) is 4.38. The maximum Gasteiger partial charge on any atom is 0.249 e. The van der Waals surface area contributed by atoms with Crippen molar-refractivity contribution in [1.82, 2.24) is 25.1 Å². The molecule has 1 atom stereocenters. The van der Waals surface area contributed by atoms with Crippen molar-refractivity contribution >= 4 is 11.9 Å². The number of likely N-dealkylation sites (N-methyl/N-ethyl adjacent to an activating group) is 1. The highest BCUT2D eigenvalue weighted by Crippen LogP contribution is 2.27. The first-order chi connectivity index (χ1) is 11.6. The van der Waals surface area contributed by atoms with Crippen molar-refractivity contribution in [3.05, 3.63) is 12.2 Å². The van der Waals surface area contributed by atoms with Gasteiger partial charge in [-0.15, -0.1) is 0 Å². The average molecular weight is 336 g/mol. The molecule has 0 N–H and O–H groups in total. The number of nitrogens with zero attached hydrogens (tertiary/aromatic N) is 6. The van der Waals surface area contributed by atoms with E-state index in [0.29, 0.717) is 45.4 Å². The number of amides is 1. The Labute approximate surface area is 141 Å². The second-order valence-corrected chi connectivity index (χ2v) is 6.42. The van der Waals surface area contributed by atoms with Crippen LogP contribution >= 0.6 is 0 Å². The lowest BCUT2D eigenvalue weighted by atomic mass is 9.96. The van der Waals surface area contributed by atoms with Gasteiger partial charge in [0.15, 0.2) is 0 Å². The SMILES string of the molecule is C=C(C)CN(CC)c1nnnn1CC12COCCN1C(=O)COC2. The summed E-state index contributed by atoms with van der Waals surface area (Å²) in [6, 6.07) is 0. The summed E-state index contributed by atoms with van der Waals surface area (Å²) in [5.74, 6) is 0.659. The molecule has 3 rings (SSSR count). The number of hydrogen-bond acceptors (Lipinski definition) is 7. The van der Waals surface area contributed by atoms with Crippen molar-refractivity contribution in [2.75, 3.05) is 51.0 Å². The van der Waals surface area contributed by atoms with Gasteiger partial charge in [0.2, 0.25) is 11.9 Å². The molecule has 0 bridgehead atoms. The van der Waals surface area contributed by atoms with Crippen LogP contribution in [0.25, 0.3) is 0 Å². The van der Waals surface area contributed by atoms with Gasteiger partial charge in [-0.1, -0.05) is 17.3 Å². The number of hydrogen-bond donors (Lipinski definition) is 0. The highest BCUT2D eigenvalue weighted by Gasteiger charge is 2.46. The zero-order valence-corrected chi connectivity index (χ0v) is 14.3. The van der Waals surface area contributed by atoms with E-state index >= 15 is 0 Å². The third kappa shape index (κ3) is 3.13. The summed E-state index contributed by atoms with van der Waals surface area (Å²) in [5.41, 5.74) is 0.476. The second-order valence-electron chi connectivity index (χ2n) is 6.42. The predicted molar refractivity (Wildman–Crippen MR) is 86.6 cm³/mol. The number of anilines is 1. The first-order valence-electron chi connectivity index (χ1n) is 8.17. The number of carbonyl (C=O) groups is 1. The van der Waals surface area contributed by atoms with Gasteiger partial charge in [-0.3, -0.25) is 4.79 Å². The van der Waals surface area contributed by atoms with Gasteiger partial charge in [0.25, 0.3) is 0 Å². The van der Waals surface area contributed by atoms with E-state index in [0.717, 1.165) is 12.1 Å². The normalized spacial score (nSPS) is 23.9. The Morgan fingerprint density at radius 2 is 2.21 bits per heavy atom. The minimum atomic E-state index is -0.555. The van der Waals surface area contributed by atoms with Gasteiger partial charge in [-0.25, -0.2) is 4.68 Å². The van der Waals surface area contributed by atoms with Crippen LogP contribution in [-0.2, 0) is 20.8 Å². The number of fused-ring (bicyclic) bond motifs is 1. The average Bonchev–Trinajstić information content (AvgIpc) is 3.00.